The minimum Gasteiger partial charge on any atom is -0.495 e. The van der Waals surface area contributed by atoms with E-state index in [1.54, 1.807) is 24.4 Å². The summed E-state index contributed by atoms with van der Waals surface area (Å²) in [6.07, 6.45) is 8.79. The maximum Gasteiger partial charge on any atom is 0.253 e. The summed E-state index contributed by atoms with van der Waals surface area (Å²) in [7, 11) is 1.60. The topological polar surface area (TPSA) is 67.4 Å². The van der Waals surface area contributed by atoms with Gasteiger partial charge in [0, 0.05) is 37.4 Å². The van der Waals surface area contributed by atoms with Crippen LogP contribution in [-0.2, 0) is 9.53 Å². The second-order valence-corrected chi connectivity index (χ2v) is 10.2. The first-order chi connectivity index (χ1) is 17.5. The van der Waals surface area contributed by atoms with Crippen LogP contribution in [0, 0.1) is 0 Å². The van der Waals surface area contributed by atoms with Crippen LogP contribution in [0.4, 0.5) is 11.4 Å². The number of ether oxygens (including phenoxy) is 3. The fourth-order valence-electron chi connectivity index (χ4n) is 5.63. The molecule has 3 saturated heterocycles. The SMILES string of the molecule is COc1cncc(N2CC3(CCN(c4ccc(OCCCN5CCC[C@@H]5C)cc4)CC3)OCC2=O)c1. The van der Waals surface area contributed by atoms with Crippen molar-refractivity contribution in [2.45, 2.75) is 50.7 Å². The smallest absolute Gasteiger partial charge is 0.253 e. The molecule has 1 atom stereocenters. The summed E-state index contributed by atoms with van der Waals surface area (Å²) in [6.45, 7) is 7.82. The maximum atomic E-state index is 12.6. The van der Waals surface area contributed by atoms with E-state index in [4.69, 9.17) is 14.2 Å². The van der Waals surface area contributed by atoms with Gasteiger partial charge in [0.15, 0.2) is 0 Å². The molecule has 0 aliphatic carbocycles. The molecule has 1 aromatic heterocycles. The van der Waals surface area contributed by atoms with Gasteiger partial charge in [0.05, 0.1) is 43.9 Å². The fraction of sp³-hybridized carbons (Fsp3) is 0.571. The van der Waals surface area contributed by atoms with Crippen molar-refractivity contribution in [3.8, 4) is 11.5 Å². The van der Waals surface area contributed by atoms with Crippen molar-refractivity contribution in [2.24, 2.45) is 0 Å². The predicted octanol–water partition coefficient (Wildman–Crippen LogP) is 3.75. The fourth-order valence-corrected chi connectivity index (χ4v) is 5.63. The predicted molar refractivity (Wildman–Crippen MR) is 140 cm³/mol. The molecule has 3 fully saturated rings. The average molecular weight is 495 g/mol. The maximum absolute atomic E-state index is 12.6. The number of piperidine rings is 1. The minimum absolute atomic E-state index is 0.0383. The summed E-state index contributed by atoms with van der Waals surface area (Å²) >= 11 is 0. The number of hydrogen-bond acceptors (Lipinski definition) is 7. The third kappa shape index (κ3) is 5.60. The lowest BCUT2D eigenvalue weighted by Gasteiger charge is -2.47. The number of amides is 1. The Morgan fingerprint density at radius 3 is 2.61 bits per heavy atom. The van der Waals surface area contributed by atoms with Crippen molar-refractivity contribution in [3.63, 3.8) is 0 Å². The van der Waals surface area contributed by atoms with Crippen molar-refractivity contribution >= 4 is 17.3 Å². The van der Waals surface area contributed by atoms with Crippen LogP contribution in [0.3, 0.4) is 0 Å². The molecule has 0 radical (unpaired) electrons. The van der Waals surface area contributed by atoms with Gasteiger partial charge in [-0.3, -0.25) is 9.78 Å². The van der Waals surface area contributed by atoms with Gasteiger partial charge in [0.25, 0.3) is 5.91 Å². The normalized spacial score (nSPS) is 22.3. The zero-order valence-electron chi connectivity index (χ0n) is 21.5. The van der Waals surface area contributed by atoms with Crippen molar-refractivity contribution in [1.82, 2.24) is 9.88 Å². The van der Waals surface area contributed by atoms with Crippen LogP contribution in [0.25, 0.3) is 0 Å². The molecule has 0 bridgehead atoms. The van der Waals surface area contributed by atoms with Gasteiger partial charge in [0.2, 0.25) is 0 Å². The van der Waals surface area contributed by atoms with E-state index in [0.29, 0.717) is 12.3 Å². The monoisotopic (exact) mass is 494 g/mol. The van der Waals surface area contributed by atoms with Crippen LogP contribution in [0.15, 0.2) is 42.7 Å². The first-order valence-electron chi connectivity index (χ1n) is 13.2. The summed E-state index contributed by atoms with van der Waals surface area (Å²) in [6, 6.07) is 11.0. The van der Waals surface area contributed by atoms with E-state index in [0.717, 1.165) is 63.0 Å². The Morgan fingerprint density at radius 1 is 1.08 bits per heavy atom. The van der Waals surface area contributed by atoms with Crippen LogP contribution in [0.5, 0.6) is 11.5 Å². The molecule has 0 saturated carbocycles. The van der Waals surface area contributed by atoms with Crippen LogP contribution < -0.4 is 19.3 Å². The van der Waals surface area contributed by atoms with Crippen molar-refractivity contribution in [3.05, 3.63) is 42.7 Å². The molecular formula is C28H38N4O4. The largest absolute Gasteiger partial charge is 0.495 e. The van der Waals surface area contributed by atoms with Gasteiger partial charge in [-0.1, -0.05) is 0 Å². The van der Waals surface area contributed by atoms with E-state index < -0.39 is 0 Å². The number of aromatic nitrogens is 1. The van der Waals surface area contributed by atoms with Crippen LogP contribution >= 0.6 is 0 Å². The zero-order valence-corrected chi connectivity index (χ0v) is 21.5. The molecule has 8 nitrogen and oxygen atoms in total. The standard InChI is InChI=1S/C28H38N4O4/c1-22-5-3-12-30(22)13-4-16-35-25-8-6-23(7-9-25)31-14-10-28(11-15-31)21-32(27(33)20-36-28)24-17-26(34-2)19-29-18-24/h6-9,17-19,22H,3-5,10-16,20-21H2,1-2H3/t22-/m0/s1. The van der Waals surface area contributed by atoms with Crippen molar-refractivity contribution < 1.29 is 19.0 Å². The highest BCUT2D eigenvalue weighted by molar-refractivity contribution is 5.95. The van der Waals surface area contributed by atoms with Crippen LogP contribution in [-0.4, -0.2) is 80.5 Å². The highest BCUT2D eigenvalue weighted by atomic mass is 16.5. The molecular weight excluding hydrogens is 456 g/mol. The number of rotatable bonds is 8. The Bertz CT molecular complexity index is 1020. The number of anilines is 2. The molecule has 4 heterocycles. The molecule has 1 aromatic carbocycles. The van der Waals surface area contributed by atoms with Crippen molar-refractivity contribution in [1.29, 1.82) is 0 Å². The van der Waals surface area contributed by atoms with Crippen LogP contribution in [0.2, 0.25) is 0 Å². The number of carbonyl (C=O) groups excluding carboxylic acids is 1. The molecule has 1 amide bonds. The quantitative estimate of drug-likeness (QED) is 0.518. The van der Waals surface area contributed by atoms with Gasteiger partial charge in [0.1, 0.15) is 18.1 Å². The lowest BCUT2D eigenvalue weighted by atomic mass is 9.88. The Balaban J connectivity index is 1.12. The molecule has 3 aliphatic rings. The summed E-state index contributed by atoms with van der Waals surface area (Å²) < 4.78 is 17.4. The van der Waals surface area contributed by atoms with E-state index in [2.05, 4.69) is 46.0 Å². The molecule has 3 aliphatic heterocycles. The van der Waals surface area contributed by atoms with Gasteiger partial charge in [-0.25, -0.2) is 0 Å². The van der Waals surface area contributed by atoms with Gasteiger partial charge in [-0.15, -0.1) is 0 Å². The Morgan fingerprint density at radius 2 is 1.89 bits per heavy atom. The lowest BCUT2D eigenvalue weighted by molar-refractivity contribution is -0.141. The second-order valence-electron chi connectivity index (χ2n) is 10.2. The summed E-state index contributed by atoms with van der Waals surface area (Å²) in [4.78, 5) is 23.6. The zero-order chi connectivity index (χ0) is 25.0. The molecule has 1 spiro atoms. The van der Waals surface area contributed by atoms with E-state index in [1.807, 2.05) is 6.07 Å². The van der Waals surface area contributed by atoms with E-state index in [9.17, 15) is 4.79 Å². The highest BCUT2D eigenvalue weighted by Crippen LogP contribution is 2.35. The van der Waals surface area contributed by atoms with Gasteiger partial charge < -0.3 is 28.9 Å². The third-order valence-electron chi connectivity index (χ3n) is 7.92. The number of carbonyl (C=O) groups is 1. The number of likely N-dealkylation sites (tertiary alicyclic amines) is 1. The minimum atomic E-state index is -0.330. The van der Waals surface area contributed by atoms with Gasteiger partial charge in [-0.05, 0) is 69.8 Å². The highest BCUT2D eigenvalue weighted by Gasteiger charge is 2.43. The number of pyridine rings is 1. The number of morpholine rings is 1. The lowest BCUT2D eigenvalue weighted by Crippen LogP contribution is -2.59. The van der Waals surface area contributed by atoms with Gasteiger partial charge in [-0.2, -0.15) is 0 Å². The summed E-state index contributed by atoms with van der Waals surface area (Å²) in [5, 5.41) is 0. The summed E-state index contributed by atoms with van der Waals surface area (Å²) in [5.74, 6) is 1.53. The number of benzene rings is 1. The summed E-state index contributed by atoms with van der Waals surface area (Å²) in [5.41, 5.74) is 1.63. The second kappa shape index (κ2) is 11.0. The van der Waals surface area contributed by atoms with Crippen molar-refractivity contribution in [2.75, 3.05) is 62.8 Å². The molecule has 0 N–H and O–H groups in total. The number of nitrogens with zero attached hydrogens (tertiary/aromatic N) is 4. The van der Waals surface area contributed by atoms with Crippen LogP contribution in [0.1, 0.15) is 39.0 Å². The molecule has 2 aromatic rings. The average Bonchev–Trinajstić information content (AvgIpc) is 3.33. The molecule has 0 unspecified atom stereocenters. The Kier molecular flexibility index (Phi) is 7.62. The van der Waals surface area contributed by atoms with E-state index in [1.165, 1.54) is 25.1 Å². The molecule has 194 valence electrons. The number of hydrogen-bond donors (Lipinski definition) is 0. The van der Waals surface area contributed by atoms with Gasteiger partial charge >= 0.3 is 0 Å². The first-order valence-corrected chi connectivity index (χ1v) is 13.2. The Hall–Kier alpha value is -2.84. The first kappa shape index (κ1) is 24.8. The molecule has 5 rings (SSSR count). The molecule has 36 heavy (non-hydrogen) atoms. The molecule has 8 heteroatoms. The Labute approximate surface area is 214 Å². The van der Waals surface area contributed by atoms with E-state index >= 15 is 0 Å². The third-order valence-corrected chi connectivity index (χ3v) is 7.92. The number of methoxy groups -OCH3 is 1. The van der Waals surface area contributed by atoms with E-state index in [-0.39, 0.29) is 18.1 Å².